The van der Waals surface area contributed by atoms with Gasteiger partial charge in [0.05, 0.1) is 0 Å². The van der Waals surface area contributed by atoms with Gasteiger partial charge in [0, 0.05) is 47.0 Å². The monoisotopic (exact) mass is 644 g/mol. The van der Waals surface area contributed by atoms with Gasteiger partial charge >= 0.3 is 0 Å². The van der Waals surface area contributed by atoms with Crippen LogP contribution in [-0.2, 0) is 35.3 Å². The predicted octanol–water partition coefficient (Wildman–Crippen LogP) is 8.89. The molecule has 0 aliphatic carbocycles. The molecule has 0 saturated carbocycles. The molecule has 2 amide bonds. The molecule has 0 bridgehead atoms. The van der Waals surface area contributed by atoms with Gasteiger partial charge < -0.3 is 20.6 Å². The lowest BCUT2D eigenvalue weighted by molar-refractivity contribution is -0.136. The maximum atomic E-state index is 13.5. The van der Waals surface area contributed by atoms with E-state index in [1.54, 1.807) is 0 Å². The molecule has 4 aromatic rings. The molecule has 2 aromatic carbocycles. The molecule has 4 N–H and O–H groups in total. The molecule has 0 radical (unpaired) electrons. The summed E-state index contributed by atoms with van der Waals surface area (Å²) < 4.78 is 0. The number of aromatic amines is 2. The van der Waals surface area contributed by atoms with E-state index in [0.29, 0.717) is 12.8 Å². The summed E-state index contributed by atoms with van der Waals surface area (Å²) in [7, 11) is 0. The first kappa shape index (κ1) is 34.7. The van der Waals surface area contributed by atoms with Crippen LogP contribution in [0, 0.1) is 0 Å². The van der Waals surface area contributed by atoms with Crippen LogP contribution in [0.4, 0.5) is 0 Å². The minimum atomic E-state index is -0.625. The fourth-order valence-corrected chi connectivity index (χ4v) is 6.69. The minimum Gasteiger partial charge on any atom is -0.361 e. The maximum absolute atomic E-state index is 13.5. The Kier molecular flexibility index (Phi) is 11.6. The Hall–Kier alpha value is -4.58. The number of H-pyrrole nitrogens is 2. The summed E-state index contributed by atoms with van der Waals surface area (Å²) in [5.74, 6) is -0.284. The van der Waals surface area contributed by atoms with Gasteiger partial charge in [0.1, 0.15) is 12.1 Å². The third-order valence-electron chi connectivity index (χ3n) is 9.38. The van der Waals surface area contributed by atoms with Crippen LogP contribution >= 0.6 is 0 Å². The molecule has 1 aliphatic rings. The lowest BCUT2D eigenvalue weighted by Crippen LogP contribution is -2.62. The highest BCUT2D eigenvalue weighted by Crippen LogP contribution is 2.28. The van der Waals surface area contributed by atoms with Gasteiger partial charge in [0.25, 0.3) is 0 Å². The Morgan fingerprint density at radius 2 is 1.00 bits per heavy atom. The zero-order valence-corrected chi connectivity index (χ0v) is 29.6. The largest absolute Gasteiger partial charge is 0.361 e. The number of nitrogens with one attached hydrogen (secondary N) is 4. The van der Waals surface area contributed by atoms with Crippen LogP contribution in [0.15, 0.2) is 95.4 Å². The van der Waals surface area contributed by atoms with Crippen molar-refractivity contribution in [2.24, 2.45) is 0 Å². The molecular weight excluding hydrogens is 592 g/mol. The Labute approximate surface area is 285 Å². The topological polar surface area (TPSA) is 89.8 Å². The highest BCUT2D eigenvalue weighted by atomic mass is 16.2. The van der Waals surface area contributed by atoms with Crippen molar-refractivity contribution in [3.8, 4) is 0 Å². The molecule has 1 aliphatic heterocycles. The number of piperazine rings is 1. The molecule has 6 heteroatoms. The SMILES string of the molecule is CC(C)=CCC/C(C)=C/Cc1cccc2[nH]cc(C[C@@H]3NC(=O)[C@H](Cc4c[nH]c5cccc(C/C=C(\C)CCC=C(C)C)c45)NC3=O)c12. The molecule has 2 aromatic heterocycles. The summed E-state index contributed by atoms with van der Waals surface area (Å²) in [6.07, 6.45) is 19.9. The number of carbonyl (C=O) groups is 2. The summed E-state index contributed by atoms with van der Waals surface area (Å²) in [6.45, 7) is 12.9. The van der Waals surface area contributed by atoms with Crippen molar-refractivity contribution in [3.05, 3.63) is 118 Å². The summed E-state index contributed by atoms with van der Waals surface area (Å²) >= 11 is 0. The Morgan fingerprint density at radius 1 is 0.583 bits per heavy atom. The first-order chi connectivity index (χ1) is 23.1. The molecule has 48 heavy (non-hydrogen) atoms. The number of rotatable bonds is 14. The van der Waals surface area contributed by atoms with E-state index in [-0.39, 0.29) is 11.8 Å². The maximum Gasteiger partial charge on any atom is 0.243 e. The van der Waals surface area contributed by atoms with E-state index < -0.39 is 12.1 Å². The van der Waals surface area contributed by atoms with E-state index in [1.165, 1.54) is 33.4 Å². The molecule has 2 atom stereocenters. The molecule has 1 saturated heterocycles. The van der Waals surface area contributed by atoms with Crippen LogP contribution in [0.1, 0.15) is 89.5 Å². The van der Waals surface area contributed by atoms with E-state index in [0.717, 1.165) is 71.5 Å². The van der Waals surface area contributed by atoms with Crippen molar-refractivity contribution in [2.45, 2.75) is 105 Å². The lowest BCUT2D eigenvalue weighted by Gasteiger charge is -2.29. The van der Waals surface area contributed by atoms with Crippen LogP contribution in [0.25, 0.3) is 21.8 Å². The standard InChI is InChI=1S/C42H52N4O2/c1-27(2)11-7-13-29(5)19-21-31-15-9-17-35-39(31)33(25-43-35)23-37-41(47)46-38(42(48)45-37)24-34-26-44-36-18-10-16-32(40(34)36)22-20-30(6)14-8-12-28(3)4/h9-12,15-20,25-26,37-38,43-44H,7-8,13-14,21-24H2,1-6H3,(H,45,48)(H,46,47)/b29-19+,30-20+/t37-,38-/m0/s1. The van der Waals surface area contributed by atoms with Gasteiger partial charge in [-0.1, -0.05) is 70.9 Å². The third-order valence-corrected chi connectivity index (χ3v) is 9.38. The van der Waals surface area contributed by atoms with Gasteiger partial charge in [-0.25, -0.2) is 0 Å². The Balaban J connectivity index is 1.26. The van der Waals surface area contributed by atoms with E-state index in [1.807, 2.05) is 12.4 Å². The average Bonchev–Trinajstić information content (AvgIpc) is 3.65. The number of allylic oxidation sites excluding steroid dienone is 8. The first-order valence-electron chi connectivity index (χ1n) is 17.4. The van der Waals surface area contributed by atoms with Gasteiger partial charge in [-0.2, -0.15) is 0 Å². The quantitative estimate of drug-likeness (QED) is 0.103. The second-order valence-electron chi connectivity index (χ2n) is 14.0. The van der Waals surface area contributed by atoms with Crippen molar-refractivity contribution in [2.75, 3.05) is 0 Å². The van der Waals surface area contributed by atoms with E-state index in [2.05, 4.69) is 123 Å². The van der Waals surface area contributed by atoms with Gasteiger partial charge in [-0.3, -0.25) is 9.59 Å². The second-order valence-corrected chi connectivity index (χ2v) is 14.0. The number of benzene rings is 2. The molecule has 252 valence electrons. The van der Waals surface area contributed by atoms with Gasteiger partial charge in [-0.15, -0.1) is 0 Å². The predicted molar refractivity (Wildman–Crippen MR) is 200 cm³/mol. The third kappa shape index (κ3) is 8.85. The number of hydrogen-bond acceptors (Lipinski definition) is 2. The summed E-state index contributed by atoms with van der Waals surface area (Å²) in [5, 5.41) is 8.40. The van der Waals surface area contributed by atoms with Gasteiger partial charge in [0.15, 0.2) is 0 Å². The smallest absolute Gasteiger partial charge is 0.243 e. The molecule has 3 heterocycles. The van der Waals surface area contributed by atoms with Crippen molar-refractivity contribution in [1.82, 2.24) is 20.6 Å². The summed E-state index contributed by atoms with van der Waals surface area (Å²) in [4.78, 5) is 33.7. The highest BCUT2D eigenvalue weighted by molar-refractivity contribution is 5.98. The first-order valence-corrected chi connectivity index (χ1v) is 17.4. The molecule has 0 unspecified atom stereocenters. The second kappa shape index (κ2) is 16.0. The van der Waals surface area contributed by atoms with Gasteiger partial charge in [0.2, 0.25) is 11.8 Å². The lowest BCUT2D eigenvalue weighted by atomic mass is 9.94. The number of hydrogen-bond donors (Lipinski definition) is 4. The fourth-order valence-electron chi connectivity index (χ4n) is 6.69. The van der Waals surface area contributed by atoms with Crippen LogP contribution in [0.3, 0.4) is 0 Å². The van der Waals surface area contributed by atoms with Crippen molar-refractivity contribution >= 4 is 33.6 Å². The van der Waals surface area contributed by atoms with Crippen LogP contribution in [0.5, 0.6) is 0 Å². The zero-order valence-electron chi connectivity index (χ0n) is 29.6. The van der Waals surface area contributed by atoms with E-state index in [4.69, 9.17) is 0 Å². The number of carbonyl (C=O) groups excluding carboxylic acids is 2. The minimum absolute atomic E-state index is 0.142. The average molecular weight is 645 g/mol. The molecule has 1 fully saturated rings. The van der Waals surface area contributed by atoms with Gasteiger partial charge in [-0.05, 0) is 114 Å². The number of fused-ring (bicyclic) bond motifs is 2. The Morgan fingerprint density at radius 3 is 1.40 bits per heavy atom. The fraction of sp³-hybridized carbons (Fsp3) is 0.381. The van der Waals surface area contributed by atoms with Crippen molar-refractivity contribution < 1.29 is 9.59 Å². The molecular formula is C42H52N4O2. The number of amides is 2. The van der Waals surface area contributed by atoms with Crippen molar-refractivity contribution in [1.29, 1.82) is 0 Å². The van der Waals surface area contributed by atoms with Crippen LogP contribution in [-0.4, -0.2) is 33.9 Å². The van der Waals surface area contributed by atoms with E-state index >= 15 is 0 Å². The summed E-state index contributed by atoms with van der Waals surface area (Å²) in [5.41, 5.74) is 12.1. The molecule has 6 nitrogen and oxygen atoms in total. The number of aromatic nitrogens is 2. The Bertz CT molecular complexity index is 1750. The van der Waals surface area contributed by atoms with Crippen LogP contribution < -0.4 is 10.6 Å². The molecule has 5 rings (SSSR count). The highest BCUT2D eigenvalue weighted by Gasteiger charge is 2.34. The van der Waals surface area contributed by atoms with E-state index in [9.17, 15) is 9.59 Å². The molecule has 0 spiro atoms. The summed E-state index contributed by atoms with van der Waals surface area (Å²) in [6, 6.07) is 11.4. The van der Waals surface area contributed by atoms with Crippen LogP contribution in [0.2, 0.25) is 0 Å². The van der Waals surface area contributed by atoms with Crippen molar-refractivity contribution in [3.63, 3.8) is 0 Å². The zero-order chi connectivity index (χ0) is 34.2. The normalized spacial score (nSPS) is 17.0.